The molecule has 0 bridgehead atoms. The molecule has 6 heteroatoms. The van der Waals surface area contributed by atoms with E-state index in [1.165, 1.54) is 0 Å². The van der Waals surface area contributed by atoms with Crippen molar-refractivity contribution in [1.82, 2.24) is 15.1 Å². The quantitative estimate of drug-likeness (QED) is 0.674. The van der Waals surface area contributed by atoms with Crippen LogP contribution in [0.5, 0.6) is 5.75 Å². The molecule has 1 atom stereocenters. The molecule has 1 aliphatic heterocycles. The topological polar surface area (TPSA) is 61.9 Å². The lowest BCUT2D eigenvalue weighted by molar-refractivity contribution is -0.138. The van der Waals surface area contributed by atoms with Gasteiger partial charge in [0, 0.05) is 38.3 Å². The Kier molecular flexibility index (Phi) is 7.85. The van der Waals surface area contributed by atoms with E-state index >= 15 is 0 Å². The van der Waals surface area contributed by atoms with Crippen LogP contribution < -0.4 is 10.1 Å². The summed E-state index contributed by atoms with van der Waals surface area (Å²) in [5, 5.41) is 2.89. The fourth-order valence-corrected chi connectivity index (χ4v) is 3.32. The number of piperazine rings is 1. The summed E-state index contributed by atoms with van der Waals surface area (Å²) in [4.78, 5) is 29.1. The molecule has 6 nitrogen and oxygen atoms in total. The number of hydrogen-bond acceptors (Lipinski definition) is 4. The van der Waals surface area contributed by atoms with E-state index in [1.807, 2.05) is 45.0 Å². The van der Waals surface area contributed by atoms with Crippen LogP contribution in [0.25, 0.3) is 0 Å². The molecule has 1 aromatic rings. The Morgan fingerprint density at radius 3 is 2.78 bits per heavy atom. The van der Waals surface area contributed by atoms with Gasteiger partial charge in [-0.25, -0.2) is 0 Å². The van der Waals surface area contributed by atoms with Crippen LogP contribution in [-0.2, 0) is 16.1 Å². The summed E-state index contributed by atoms with van der Waals surface area (Å²) in [6, 6.07) is 7.38. The third kappa shape index (κ3) is 5.82. The van der Waals surface area contributed by atoms with E-state index < -0.39 is 6.04 Å². The highest BCUT2D eigenvalue weighted by atomic mass is 16.5. The number of rotatable bonds is 9. The summed E-state index contributed by atoms with van der Waals surface area (Å²) in [6.07, 6.45) is 0.170. The molecule has 27 heavy (non-hydrogen) atoms. The molecular formula is C21H31N3O3. The Balaban J connectivity index is 2.14. The van der Waals surface area contributed by atoms with Gasteiger partial charge in [-0.3, -0.25) is 14.5 Å². The van der Waals surface area contributed by atoms with Gasteiger partial charge in [-0.2, -0.15) is 0 Å². The first kappa shape index (κ1) is 21.0. The van der Waals surface area contributed by atoms with Crippen LogP contribution in [0.3, 0.4) is 0 Å². The minimum Gasteiger partial charge on any atom is -0.494 e. The summed E-state index contributed by atoms with van der Waals surface area (Å²) in [5.74, 6) is 0.717. The zero-order chi connectivity index (χ0) is 19.8. The summed E-state index contributed by atoms with van der Waals surface area (Å²) < 4.78 is 5.71. The zero-order valence-corrected chi connectivity index (χ0v) is 16.7. The lowest BCUT2D eigenvalue weighted by Gasteiger charge is -2.36. The summed E-state index contributed by atoms with van der Waals surface area (Å²) in [6.45, 7) is 13.3. The van der Waals surface area contributed by atoms with Crippen LogP contribution in [0.2, 0.25) is 0 Å². The van der Waals surface area contributed by atoms with E-state index in [4.69, 9.17) is 4.74 Å². The molecule has 0 radical (unpaired) electrons. The Bertz CT molecular complexity index is 674. The lowest BCUT2D eigenvalue weighted by atomic mass is 10.1. The van der Waals surface area contributed by atoms with Crippen molar-refractivity contribution in [3.8, 4) is 5.75 Å². The van der Waals surface area contributed by atoms with E-state index in [-0.39, 0.29) is 18.2 Å². The summed E-state index contributed by atoms with van der Waals surface area (Å²) >= 11 is 0. The predicted molar refractivity (Wildman–Crippen MR) is 107 cm³/mol. The van der Waals surface area contributed by atoms with Crippen molar-refractivity contribution in [1.29, 1.82) is 0 Å². The Hall–Kier alpha value is -2.34. The van der Waals surface area contributed by atoms with Crippen molar-refractivity contribution in [2.24, 2.45) is 0 Å². The maximum Gasteiger partial charge on any atom is 0.237 e. The molecule has 1 fully saturated rings. The van der Waals surface area contributed by atoms with E-state index in [1.54, 1.807) is 4.90 Å². The van der Waals surface area contributed by atoms with Crippen molar-refractivity contribution >= 4 is 11.8 Å². The molecule has 0 saturated carbocycles. The minimum absolute atomic E-state index is 0.0226. The summed E-state index contributed by atoms with van der Waals surface area (Å²) in [5.41, 5.74) is 1.96. The molecule has 2 amide bonds. The maximum absolute atomic E-state index is 12.7. The Labute approximate surface area is 162 Å². The van der Waals surface area contributed by atoms with Crippen LogP contribution >= 0.6 is 0 Å². The molecule has 1 aliphatic rings. The van der Waals surface area contributed by atoms with Crippen LogP contribution in [0.15, 0.2) is 36.4 Å². The van der Waals surface area contributed by atoms with E-state index in [9.17, 15) is 9.59 Å². The molecule has 0 aliphatic carbocycles. The van der Waals surface area contributed by atoms with Gasteiger partial charge < -0.3 is 15.0 Å². The molecule has 148 valence electrons. The predicted octanol–water partition coefficient (Wildman–Crippen LogP) is 2.20. The number of benzene rings is 1. The second-order valence-electron chi connectivity index (χ2n) is 6.89. The van der Waals surface area contributed by atoms with Crippen LogP contribution in [0.4, 0.5) is 0 Å². The van der Waals surface area contributed by atoms with Crippen LogP contribution in [-0.4, -0.2) is 60.4 Å². The monoisotopic (exact) mass is 373 g/mol. The number of carbonyl (C=O) groups excluding carboxylic acids is 2. The standard InChI is InChI=1S/C21H31N3O3/c1-5-23(14-16(3)4)20(25)13-18-21(26)22-11-12-24(18)15-17-9-7-8-10-19(17)27-6-2/h7-10,18H,3,5-6,11-15H2,1-2,4H3,(H,22,26)/t18-/m0/s1. The van der Waals surface area contributed by atoms with Gasteiger partial charge in [0.05, 0.1) is 19.1 Å². The molecule has 0 spiro atoms. The first-order chi connectivity index (χ1) is 13.0. The van der Waals surface area contributed by atoms with Gasteiger partial charge in [0.2, 0.25) is 11.8 Å². The maximum atomic E-state index is 12.7. The number of likely N-dealkylation sites (N-methyl/N-ethyl adjacent to an activating group) is 1. The number of ether oxygens (including phenoxy) is 1. The van der Waals surface area contributed by atoms with Crippen molar-refractivity contribution in [2.45, 2.75) is 39.8 Å². The normalized spacial score (nSPS) is 17.3. The van der Waals surface area contributed by atoms with Gasteiger partial charge in [0.15, 0.2) is 0 Å². The Morgan fingerprint density at radius 1 is 1.37 bits per heavy atom. The van der Waals surface area contributed by atoms with Gasteiger partial charge in [0.25, 0.3) is 0 Å². The number of amides is 2. The number of nitrogens with zero attached hydrogens (tertiary/aromatic N) is 2. The number of carbonyl (C=O) groups is 2. The minimum atomic E-state index is -0.472. The third-order valence-corrected chi connectivity index (χ3v) is 4.65. The number of hydrogen-bond donors (Lipinski definition) is 1. The summed E-state index contributed by atoms with van der Waals surface area (Å²) in [7, 11) is 0. The van der Waals surface area contributed by atoms with E-state index in [0.717, 1.165) is 16.9 Å². The van der Waals surface area contributed by atoms with Gasteiger partial charge in [-0.15, -0.1) is 0 Å². The van der Waals surface area contributed by atoms with Crippen molar-refractivity contribution < 1.29 is 14.3 Å². The van der Waals surface area contributed by atoms with Crippen LogP contribution in [0.1, 0.15) is 32.8 Å². The smallest absolute Gasteiger partial charge is 0.237 e. The molecule has 2 rings (SSSR count). The third-order valence-electron chi connectivity index (χ3n) is 4.65. The molecule has 1 aromatic carbocycles. The first-order valence-electron chi connectivity index (χ1n) is 9.60. The zero-order valence-electron chi connectivity index (χ0n) is 16.7. The molecule has 0 aromatic heterocycles. The molecule has 1 N–H and O–H groups in total. The fourth-order valence-electron chi connectivity index (χ4n) is 3.32. The van der Waals surface area contributed by atoms with Crippen molar-refractivity contribution in [2.75, 3.05) is 32.8 Å². The first-order valence-corrected chi connectivity index (χ1v) is 9.60. The molecule has 1 heterocycles. The largest absolute Gasteiger partial charge is 0.494 e. The van der Waals surface area contributed by atoms with Crippen molar-refractivity contribution in [3.63, 3.8) is 0 Å². The molecule has 0 unspecified atom stereocenters. The average Bonchev–Trinajstić information content (AvgIpc) is 2.64. The second-order valence-corrected chi connectivity index (χ2v) is 6.89. The molecule has 1 saturated heterocycles. The average molecular weight is 373 g/mol. The van der Waals surface area contributed by atoms with Crippen LogP contribution in [0, 0.1) is 0 Å². The van der Waals surface area contributed by atoms with Gasteiger partial charge >= 0.3 is 0 Å². The number of nitrogens with one attached hydrogen (secondary N) is 1. The highest BCUT2D eigenvalue weighted by molar-refractivity contribution is 5.89. The Morgan fingerprint density at radius 2 is 2.11 bits per heavy atom. The lowest BCUT2D eigenvalue weighted by Crippen LogP contribution is -2.56. The van der Waals surface area contributed by atoms with E-state index in [2.05, 4.69) is 16.8 Å². The number of para-hydroxylation sites is 1. The highest BCUT2D eigenvalue weighted by Gasteiger charge is 2.33. The van der Waals surface area contributed by atoms with Gasteiger partial charge in [0.1, 0.15) is 5.75 Å². The SMILES string of the molecule is C=C(C)CN(CC)C(=O)C[C@H]1C(=O)NCCN1Cc1ccccc1OCC. The second kappa shape index (κ2) is 10.1. The fraction of sp³-hybridized carbons (Fsp3) is 0.524. The highest BCUT2D eigenvalue weighted by Crippen LogP contribution is 2.22. The van der Waals surface area contributed by atoms with E-state index in [0.29, 0.717) is 39.3 Å². The molecular weight excluding hydrogens is 342 g/mol. The van der Waals surface area contributed by atoms with Gasteiger partial charge in [-0.1, -0.05) is 30.4 Å². The van der Waals surface area contributed by atoms with Gasteiger partial charge in [-0.05, 0) is 26.8 Å². The van der Waals surface area contributed by atoms with Crippen molar-refractivity contribution in [3.05, 3.63) is 42.0 Å².